The van der Waals surface area contributed by atoms with Gasteiger partial charge in [0.15, 0.2) is 0 Å². The minimum Gasteiger partial charge on any atom is -0.0846 e. The zero-order valence-corrected chi connectivity index (χ0v) is 7.90. The highest BCUT2D eigenvalue weighted by atomic mass is 14.1. The molecule has 1 aromatic carbocycles. The summed E-state index contributed by atoms with van der Waals surface area (Å²) in [5.41, 5.74) is 2.82. The molecule has 0 saturated heterocycles. The van der Waals surface area contributed by atoms with Gasteiger partial charge in [0.2, 0.25) is 0 Å². The third-order valence-corrected chi connectivity index (χ3v) is 2.54. The molecule has 1 aromatic rings. The van der Waals surface area contributed by atoms with Crippen LogP contribution >= 0.6 is 0 Å². The number of allylic oxidation sites excluding steroid dienone is 4. The van der Waals surface area contributed by atoms with Crippen molar-refractivity contribution < 1.29 is 0 Å². The summed E-state index contributed by atoms with van der Waals surface area (Å²) in [7, 11) is 2.28. The molecule has 0 amide bonds. The summed E-state index contributed by atoms with van der Waals surface area (Å²) in [6.45, 7) is 0. The quantitative estimate of drug-likeness (QED) is 0.565. The summed E-state index contributed by atoms with van der Waals surface area (Å²) in [6, 6.07) is 10.6. The molecule has 0 N–H and O–H groups in total. The lowest BCUT2D eigenvalue weighted by Crippen LogP contribution is -1.98. The van der Waals surface area contributed by atoms with Gasteiger partial charge < -0.3 is 0 Å². The Hall–Kier alpha value is -1.24. The number of benzene rings is 1. The maximum Gasteiger partial charge on any atom is 0.111 e. The fourth-order valence-corrected chi connectivity index (χ4v) is 1.76. The second-order valence-electron chi connectivity index (χ2n) is 3.55. The molecule has 1 atom stereocenters. The topological polar surface area (TPSA) is 0 Å². The van der Waals surface area contributed by atoms with E-state index in [0.29, 0.717) is 5.82 Å². The maximum absolute atomic E-state index is 2.28. The summed E-state index contributed by atoms with van der Waals surface area (Å²) >= 11 is 0. The van der Waals surface area contributed by atoms with Crippen LogP contribution in [0.4, 0.5) is 0 Å². The molecule has 0 aliphatic heterocycles. The summed E-state index contributed by atoms with van der Waals surface area (Å²) in [5, 5.41) is 0. The lowest BCUT2D eigenvalue weighted by molar-refractivity contribution is 1.05. The van der Waals surface area contributed by atoms with Crippen LogP contribution in [0.15, 0.2) is 48.6 Å². The highest BCUT2D eigenvalue weighted by Crippen LogP contribution is 2.31. The van der Waals surface area contributed by atoms with Crippen LogP contribution in [0.25, 0.3) is 5.57 Å². The van der Waals surface area contributed by atoms with Crippen LogP contribution in [-0.2, 0) is 0 Å². The van der Waals surface area contributed by atoms with Crippen molar-refractivity contribution in [1.29, 1.82) is 0 Å². The van der Waals surface area contributed by atoms with Crippen LogP contribution < -0.4 is 0 Å². The standard InChI is InChI=1S/C12H13B/c13-12-9-5-4-8-11(12)10-6-2-1-3-7-10/h1-8,12H,9,13H2. The average Bonchev–Trinajstić information content (AvgIpc) is 2.20. The van der Waals surface area contributed by atoms with Crippen LogP contribution in [0.3, 0.4) is 0 Å². The van der Waals surface area contributed by atoms with Gasteiger partial charge in [-0.3, -0.25) is 0 Å². The fraction of sp³-hybridized carbons (Fsp3) is 0.167. The molecular formula is C12H13B. The molecule has 1 aliphatic rings. The van der Waals surface area contributed by atoms with E-state index < -0.39 is 0 Å². The maximum atomic E-state index is 2.28. The molecule has 1 unspecified atom stereocenters. The van der Waals surface area contributed by atoms with Gasteiger partial charge in [-0.25, -0.2) is 0 Å². The first kappa shape index (κ1) is 8.37. The van der Waals surface area contributed by atoms with Gasteiger partial charge >= 0.3 is 0 Å². The molecule has 0 bridgehead atoms. The molecular weight excluding hydrogens is 155 g/mol. The van der Waals surface area contributed by atoms with Crippen molar-refractivity contribution in [3.63, 3.8) is 0 Å². The molecule has 0 spiro atoms. The van der Waals surface area contributed by atoms with Crippen molar-refractivity contribution in [3.05, 3.63) is 54.1 Å². The van der Waals surface area contributed by atoms with Crippen LogP contribution in [0.5, 0.6) is 0 Å². The van der Waals surface area contributed by atoms with E-state index in [-0.39, 0.29) is 0 Å². The van der Waals surface area contributed by atoms with Gasteiger partial charge in [-0.2, -0.15) is 0 Å². The van der Waals surface area contributed by atoms with Crippen LogP contribution in [-0.4, -0.2) is 7.85 Å². The molecule has 1 aliphatic carbocycles. The van der Waals surface area contributed by atoms with Gasteiger partial charge in [0.1, 0.15) is 7.85 Å². The minimum atomic E-state index is 0.660. The predicted octanol–water partition coefficient (Wildman–Crippen LogP) is 2.45. The molecule has 0 radical (unpaired) electrons. The smallest absolute Gasteiger partial charge is 0.0846 e. The monoisotopic (exact) mass is 168 g/mol. The Morgan fingerprint density at radius 3 is 2.62 bits per heavy atom. The first-order chi connectivity index (χ1) is 6.38. The molecule has 2 rings (SSSR count). The highest BCUT2D eigenvalue weighted by Gasteiger charge is 2.10. The Balaban J connectivity index is 2.35. The predicted molar refractivity (Wildman–Crippen MR) is 60.5 cm³/mol. The van der Waals surface area contributed by atoms with Crippen LogP contribution in [0.1, 0.15) is 12.0 Å². The van der Waals surface area contributed by atoms with Crippen LogP contribution in [0.2, 0.25) is 5.82 Å². The Morgan fingerprint density at radius 2 is 1.92 bits per heavy atom. The first-order valence-corrected chi connectivity index (χ1v) is 4.80. The van der Waals surface area contributed by atoms with Gasteiger partial charge in [0, 0.05) is 0 Å². The summed E-state index contributed by atoms with van der Waals surface area (Å²) < 4.78 is 0. The lowest BCUT2D eigenvalue weighted by atomic mass is 9.74. The second-order valence-corrected chi connectivity index (χ2v) is 3.55. The molecule has 0 saturated carbocycles. The normalized spacial score (nSPS) is 21.2. The van der Waals surface area contributed by atoms with E-state index in [2.05, 4.69) is 56.4 Å². The van der Waals surface area contributed by atoms with Crippen molar-refractivity contribution in [2.75, 3.05) is 0 Å². The second kappa shape index (κ2) is 3.65. The van der Waals surface area contributed by atoms with Gasteiger partial charge in [-0.1, -0.05) is 48.6 Å². The number of hydrogen-bond donors (Lipinski definition) is 0. The van der Waals surface area contributed by atoms with E-state index in [1.165, 1.54) is 17.6 Å². The van der Waals surface area contributed by atoms with Crippen LogP contribution in [0, 0.1) is 0 Å². The summed E-state index contributed by atoms with van der Waals surface area (Å²) in [6.07, 6.45) is 7.78. The third-order valence-electron chi connectivity index (χ3n) is 2.54. The van der Waals surface area contributed by atoms with E-state index in [9.17, 15) is 0 Å². The van der Waals surface area contributed by atoms with Gasteiger partial charge in [0.25, 0.3) is 0 Å². The Kier molecular flexibility index (Phi) is 2.35. The zero-order chi connectivity index (χ0) is 9.10. The van der Waals surface area contributed by atoms with Crippen molar-refractivity contribution >= 4 is 13.4 Å². The van der Waals surface area contributed by atoms with E-state index in [1.807, 2.05) is 0 Å². The molecule has 64 valence electrons. The Labute approximate surface area is 80.4 Å². The van der Waals surface area contributed by atoms with E-state index in [4.69, 9.17) is 0 Å². The zero-order valence-electron chi connectivity index (χ0n) is 7.90. The van der Waals surface area contributed by atoms with Crippen molar-refractivity contribution in [1.82, 2.24) is 0 Å². The van der Waals surface area contributed by atoms with Gasteiger partial charge in [-0.15, -0.1) is 0 Å². The number of rotatable bonds is 1. The Morgan fingerprint density at radius 1 is 1.15 bits per heavy atom. The molecule has 0 heterocycles. The molecule has 0 fully saturated rings. The fourth-order valence-electron chi connectivity index (χ4n) is 1.76. The van der Waals surface area contributed by atoms with Crippen molar-refractivity contribution in [2.24, 2.45) is 0 Å². The molecule has 1 heteroatoms. The Bertz CT molecular complexity index is 335. The third kappa shape index (κ3) is 1.75. The SMILES string of the molecule is BC1CC=CC=C1c1ccccc1. The van der Waals surface area contributed by atoms with Gasteiger partial charge in [-0.05, 0) is 23.4 Å². The molecule has 13 heavy (non-hydrogen) atoms. The first-order valence-electron chi connectivity index (χ1n) is 4.80. The van der Waals surface area contributed by atoms with E-state index >= 15 is 0 Å². The molecule has 0 nitrogen and oxygen atoms in total. The van der Waals surface area contributed by atoms with E-state index in [0.717, 1.165) is 0 Å². The largest absolute Gasteiger partial charge is 0.111 e. The lowest BCUT2D eigenvalue weighted by Gasteiger charge is -2.17. The van der Waals surface area contributed by atoms with Gasteiger partial charge in [0.05, 0.1) is 0 Å². The summed E-state index contributed by atoms with van der Waals surface area (Å²) in [4.78, 5) is 0. The van der Waals surface area contributed by atoms with E-state index in [1.54, 1.807) is 0 Å². The van der Waals surface area contributed by atoms with Crippen molar-refractivity contribution in [3.8, 4) is 0 Å². The number of hydrogen-bond acceptors (Lipinski definition) is 0. The minimum absolute atomic E-state index is 0.660. The average molecular weight is 168 g/mol. The summed E-state index contributed by atoms with van der Waals surface area (Å²) in [5.74, 6) is 0.660. The van der Waals surface area contributed by atoms with Crippen molar-refractivity contribution in [2.45, 2.75) is 12.2 Å². The highest BCUT2D eigenvalue weighted by molar-refractivity contribution is 6.19. The molecule has 0 aromatic heterocycles.